The Morgan fingerprint density at radius 2 is 1.95 bits per heavy atom. The zero-order chi connectivity index (χ0) is 14.4. The summed E-state index contributed by atoms with van der Waals surface area (Å²) in [5.41, 5.74) is 1.04. The summed E-state index contributed by atoms with van der Waals surface area (Å²) in [6.07, 6.45) is 6.21. The molecule has 3 atom stereocenters. The van der Waals surface area contributed by atoms with Crippen LogP contribution in [0.1, 0.15) is 57.6 Å². The molecule has 0 aromatic heterocycles. The predicted octanol–water partition coefficient (Wildman–Crippen LogP) is 4.01. The lowest BCUT2D eigenvalue weighted by molar-refractivity contribution is 0.0591. The Hall–Kier alpha value is -0.860. The van der Waals surface area contributed by atoms with Crippen molar-refractivity contribution in [2.75, 3.05) is 13.1 Å². The van der Waals surface area contributed by atoms with Crippen molar-refractivity contribution in [2.24, 2.45) is 5.92 Å². The van der Waals surface area contributed by atoms with Crippen molar-refractivity contribution in [1.29, 1.82) is 0 Å². The minimum absolute atomic E-state index is 0.206. The summed E-state index contributed by atoms with van der Waals surface area (Å²) in [6, 6.07) is 10.3. The van der Waals surface area contributed by atoms with E-state index in [4.69, 9.17) is 0 Å². The molecule has 2 heteroatoms. The van der Waals surface area contributed by atoms with Gasteiger partial charge in [0.05, 0.1) is 6.10 Å². The van der Waals surface area contributed by atoms with Crippen LogP contribution in [0.5, 0.6) is 0 Å². The summed E-state index contributed by atoms with van der Waals surface area (Å²) < 4.78 is 0. The van der Waals surface area contributed by atoms with Crippen LogP contribution in [0.2, 0.25) is 0 Å². The van der Waals surface area contributed by atoms with Gasteiger partial charge in [0.2, 0.25) is 0 Å². The highest BCUT2D eigenvalue weighted by Crippen LogP contribution is 2.26. The molecule has 0 radical (unpaired) electrons. The highest BCUT2D eigenvalue weighted by molar-refractivity contribution is 5.18. The Balaban J connectivity index is 1.93. The molecule has 0 aliphatic carbocycles. The average molecular weight is 275 g/mol. The Morgan fingerprint density at radius 1 is 1.20 bits per heavy atom. The number of hydrogen-bond donors (Lipinski definition) is 1. The lowest BCUT2D eigenvalue weighted by Crippen LogP contribution is -2.38. The molecule has 3 unspecified atom stereocenters. The highest BCUT2D eigenvalue weighted by atomic mass is 16.3. The summed E-state index contributed by atoms with van der Waals surface area (Å²) in [6.45, 7) is 6.71. The quantitative estimate of drug-likeness (QED) is 0.877. The first kappa shape index (κ1) is 15.5. The average Bonchev–Trinajstić information content (AvgIpc) is 2.73. The van der Waals surface area contributed by atoms with Crippen LogP contribution in [0, 0.1) is 5.92 Å². The predicted molar refractivity (Wildman–Crippen MR) is 84.7 cm³/mol. The Kier molecular flexibility index (Phi) is 6.06. The van der Waals surface area contributed by atoms with E-state index in [1.54, 1.807) is 0 Å². The molecule has 2 rings (SSSR count). The first-order valence-electron chi connectivity index (χ1n) is 8.19. The zero-order valence-electron chi connectivity index (χ0n) is 13.0. The van der Waals surface area contributed by atoms with Gasteiger partial charge in [-0.25, -0.2) is 0 Å². The molecule has 1 aliphatic rings. The molecule has 1 heterocycles. The number of rotatable bonds is 5. The first-order chi connectivity index (χ1) is 9.72. The lowest BCUT2D eigenvalue weighted by atomic mass is 9.96. The van der Waals surface area contributed by atoms with E-state index in [2.05, 4.69) is 18.7 Å². The third-order valence-corrected chi connectivity index (χ3v) is 4.75. The monoisotopic (exact) mass is 275 g/mol. The lowest BCUT2D eigenvalue weighted by Gasteiger charge is -2.31. The molecule has 2 nitrogen and oxygen atoms in total. The van der Waals surface area contributed by atoms with Crippen LogP contribution in [0.15, 0.2) is 30.3 Å². The molecule has 1 N–H and O–H groups in total. The van der Waals surface area contributed by atoms with Crippen molar-refractivity contribution in [2.45, 2.75) is 58.1 Å². The minimum Gasteiger partial charge on any atom is -0.387 e. The Morgan fingerprint density at radius 3 is 2.65 bits per heavy atom. The molecule has 0 saturated carbocycles. The third kappa shape index (κ3) is 4.07. The van der Waals surface area contributed by atoms with Gasteiger partial charge in [-0.15, -0.1) is 0 Å². The molecular formula is C18H29NO. The van der Waals surface area contributed by atoms with E-state index < -0.39 is 0 Å². The SMILES string of the molecule is CCCC1CCCN(C(C)C(O)c2ccccc2)CC1. The van der Waals surface area contributed by atoms with Crippen LogP contribution in [0.25, 0.3) is 0 Å². The van der Waals surface area contributed by atoms with Gasteiger partial charge in [0.25, 0.3) is 0 Å². The van der Waals surface area contributed by atoms with Crippen LogP contribution < -0.4 is 0 Å². The van der Waals surface area contributed by atoms with Crippen molar-refractivity contribution in [3.63, 3.8) is 0 Å². The summed E-state index contributed by atoms with van der Waals surface area (Å²) >= 11 is 0. The van der Waals surface area contributed by atoms with Gasteiger partial charge in [0.1, 0.15) is 0 Å². The number of benzene rings is 1. The normalized spacial score (nSPS) is 24.1. The number of hydrogen-bond acceptors (Lipinski definition) is 2. The maximum atomic E-state index is 10.6. The highest BCUT2D eigenvalue weighted by Gasteiger charge is 2.25. The number of likely N-dealkylation sites (tertiary alicyclic amines) is 1. The standard InChI is InChI=1S/C18H29NO/c1-3-8-16-9-7-13-19(14-12-16)15(2)18(20)17-10-5-4-6-11-17/h4-6,10-11,15-16,18,20H,3,7-9,12-14H2,1-2H3. The van der Waals surface area contributed by atoms with E-state index >= 15 is 0 Å². The summed E-state index contributed by atoms with van der Waals surface area (Å²) in [5, 5.41) is 10.6. The van der Waals surface area contributed by atoms with Gasteiger partial charge in [-0.05, 0) is 50.8 Å². The van der Waals surface area contributed by atoms with E-state index in [-0.39, 0.29) is 12.1 Å². The van der Waals surface area contributed by atoms with Gasteiger partial charge in [-0.1, -0.05) is 50.1 Å². The molecule has 1 aromatic carbocycles. The molecular weight excluding hydrogens is 246 g/mol. The Labute approximate surface area is 123 Å². The van der Waals surface area contributed by atoms with Gasteiger partial charge in [0, 0.05) is 6.04 Å². The van der Waals surface area contributed by atoms with Gasteiger partial charge >= 0.3 is 0 Å². The maximum absolute atomic E-state index is 10.6. The van der Waals surface area contributed by atoms with Crippen molar-refractivity contribution >= 4 is 0 Å². The van der Waals surface area contributed by atoms with Crippen molar-refractivity contribution in [3.05, 3.63) is 35.9 Å². The number of aliphatic hydroxyl groups excluding tert-OH is 1. The molecule has 1 aromatic rings. The van der Waals surface area contributed by atoms with Gasteiger partial charge < -0.3 is 5.11 Å². The molecule has 1 saturated heterocycles. The summed E-state index contributed by atoms with van der Waals surface area (Å²) in [5.74, 6) is 0.895. The van der Waals surface area contributed by atoms with E-state index in [1.807, 2.05) is 30.3 Å². The van der Waals surface area contributed by atoms with Crippen LogP contribution in [-0.4, -0.2) is 29.1 Å². The van der Waals surface area contributed by atoms with E-state index in [0.29, 0.717) is 0 Å². The van der Waals surface area contributed by atoms with E-state index in [0.717, 1.165) is 24.6 Å². The first-order valence-corrected chi connectivity index (χ1v) is 8.19. The molecule has 1 fully saturated rings. The minimum atomic E-state index is -0.376. The van der Waals surface area contributed by atoms with Crippen LogP contribution in [0.4, 0.5) is 0 Å². The maximum Gasteiger partial charge on any atom is 0.0942 e. The van der Waals surface area contributed by atoms with Crippen LogP contribution in [-0.2, 0) is 0 Å². The van der Waals surface area contributed by atoms with Crippen molar-refractivity contribution in [1.82, 2.24) is 4.90 Å². The Bertz CT molecular complexity index is 378. The second kappa shape index (κ2) is 7.80. The van der Waals surface area contributed by atoms with Crippen LogP contribution >= 0.6 is 0 Å². The second-order valence-corrected chi connectivity index (χ2v) is 6.22. The molecule has 0 amide bonds. The fourth-order valence-electron chi connectivity index (χ4n) is 3.42. The molecule has 20 heavy (non-hydrogen) atoms. The van der Waals surface area contributed by atoms with Crippen molar-refractivity contribution in [3.8, 4) is 0 Å². The van der Waals surface area contributed by atoms with E-state index in [1.165, 1.54) is 32.1 Å². The fourth-order valence-corrected chi connectivity index (χ4v) is 3.42. The second-order valence-electron chi connectivity index (χ2n) is 6.22. The van der Waals surface area contributed by atoms with E-state index in [9.17, 15) is 5.11 Å². The zero-order valence-corrected chi connectivity index (χ0v) is 13.0. The van der Waals surface area contributed by atoms with Gasteiger partial charge in [-0.2, -0.15) is 0 Å². The van der Waals surface area contributed by atoms with Crippen LogP contribution in [0.3, 0.4) is 0 Å². The largest absolute Gasteiger partial charge is 0.387 e. The summed E-state index contributed by atoms with van der Waals surface area (Å²) in [7, 11) is 0. The van der Waals surface area contributed by atoms with Gasteiger partial charge in [-0.3, -0.25) is 4.90 Å². The number of nitrogens with zero attached hydrogens (tertiary/aromatic N) is 1. The fraction of sp³-hybridized carbons (Fsp3) is 0.667. The third-order valence-electron chi connectivity index (χ3n) is 4.75. The summed E-state index contributed by atoms with van der Waals surface area (Å²) in [4.78, 5) is 2.48. The topological polar surface area (TPSA) is 23.5 Å². The smallest absolute Gasteiger partial charge is 0.0942 e. The molecule has 0 spiro atoms. The van der Waals surface area contributed by atoms with Gasteiger partial charge in [0.15, 0.2) is 0 Å². The van der Waals surface area contributed by atoms with Crippen molar-refractivity contribution < 1.29 is 5.11 Å². The molecule has 0 bridgehead atoms. The molecule has 1 aliphatic heterocycles. The number of aliphatic hydroxyl groups is 1. The molecule has 112 valence electrons.